The molecule has 0 atom stereocenters. The van der Waals surface area contributed by atoms with Gasteiger partial charge in [0.1, 0.15) is 0 Å². The van der Waals surface area contributed by atoms with Crippen LogP contribution in [-0.4, -0.2) is 0 Å². The molecule has 0 spiro atoms. The molecule has 0 N–H and O–H groups in total. The summed E-state index contributed by atoms with van der Waals surface area (Å²) < 4.78 is 0. The average molecular weight is 629 g/mol. The first-order chi connectivity index (χ1) is 24.8. The lowest BCUT2D eigenvalue weighted by atomic mass is 9.86. The van der Waals surface area contributed by atoms with Crippen molar-refractivity contribution in [2.75, 3.05) is 0 Å². The quantitative estimate of drug-likeness (QED) is 0.179. The third-order valence-electron chi connectivity index (χ3n) is 11.5. The summed E-state index contributed by atoms with van der Waals surface area (Å²) in [4.78, 5) is 0. The van der Waals surface area contributed by atoms with Gasteiger partial charge in [-0.2, -0.15) is 0 Å². The molecule has 50 heavy (non-hydrogen) atoms. The van der Waals surface area contributed by atoms with Crippen LogP contribution < -0.4 is 0 Å². The van der Waals surface area contributed by atoms with Crippen LogP contribution in [0.25, 0.3) is 87.6 Å². The fourth-order valence-corrected chi connectivity index (χ4v) is 9.49. The zero-order valence-corrected chi connectivity index (χ0v) is 27.2. The smallest absolute Gasteiger partial charge is 0.000696 e. The van der Waals surface area contributed by atoms with Gasteiger partial charge in [0.25, 0.3) is 0 Å². The topological polar surface area (TPSA) is 0 Å². The van der Waals surface area contributed by atoms with Crippen LogP contribution in [-0.2, 0) is 0 Å². The summed E-state index contributed by atoms with van der Waals surface area (Å²) in [6.07, 6.45) is 0. The summed E-state index contributed by atoms with van der Waals surface area (Å²) >= 11 is 0. The number of allylic oxidation sites excluding steroid dienone is 2. The normalized spacial score (nSPS) is 13.8. The van der Waals surface area contributed by atoms with E-state index in [-0.39, 0.29) is 0 Å². The highest BCUT2D eigenvalue weighted by atomic mass is 14.4. The molecular formula is C50H28. The van der Waals surface area contributed by atoms with Crippen molar-refractivity contribution in [1.82, 2.24) is 0 Å². The van der Waals surface area contributed by atoms with Crippen LogP contribution in [0.4, 0.5) is 0 Å². The molecule has 9 aromatic carbocycles. The number of hydrogen-bond donors (Lipinski definition) is 0. The highest BCUT2D eigenvalue weighted by Gasteiger charge is 2.39. The van der Waals surface area contributed by atoms with Gasteiger partial charge < -0.3 is 0 Å². The molecule has 0 aliphatic heterocycles. The van der Waals surface area contributed by atoms with Gasteiger partial charge in [-0.3, -0.25) is 0 Å². The van der Waals surface area contributed by atoms with Crippen LogP contribution >= 0.6 is 0 Å². The van der Waals surface area contributed by atoms with Gasteiger partial charge in [0.05, 0.1) is 0 Å². The van der Waals surface area contributed by atoms with E-state index >= 15 is 0 Å². The molecule has 0 heteroatoms. The number of benzene rings is 9. The molecule has 0 nitrogen and oxygen atoms in total. The van der Waals surface area contributed by atoms with Gasteiger partial charge >= 0.3 is 0 Å². The zero-order valence-electron chi connectivity index (χ0n) is 27.2. The highest BCUT2D eigenvalue weighted by molar-refractivity contribution is 6.39. The molecule has 0 amide bonds. The van der Waals surface area contributed by atoms with Crippen LogP contribution in [0.3, 0.4) is 0 Å². The zero-order chi connectivity index (χ0) is 32.5. The molecule has 0 fully saturated rings. The Morgan fingerprint density at radius 2 is 0.720 bits per heavy atom. The molecule has 0 aromatic heterocycles. The Hall–Kier alpha value is -6.50. The van der Waals surface area contributed by atoms with Crippen LogP contribution in [0, 0.1) is 0 Å². The minimum Gasteiger partial charge on any atom is -0.0616 e. The van der Waals surface area contributed by atoms with Crippen molar-refractivity contribution in [3.63, 3.8) is 0 Å². The summed E-state index contributed by atoms with van der Waals surface area (Å²) in [6.45, 7) is 0. The maximum atomic E-state index is 2.48. The van der Waals surface area contributed by atoms with Crippen molar-refractivity contribution in [3.8, 4) is 22.3 Å². The Balaban J connectivity index is 1.26. The lowest BCUT2D eigenvalue weighted by Crippen LogP contribution is -1.96. The molecule has 0 radical (unpaired) electrons. The van der Waals surface area contributed by atoms with Crippen molar-refractivity contribution in [2.45, 2.75) is 0 Å². The van der Waals surface area contributed by atoms with Crippen LogP contribution in [0.5, 0.6) is 0 Å². The van der Waals surface area contributed by atoms with Crippen molar-refractivity contribution >= 4 is 65.4 Å². The van der Waals surface area contributed by atoms with E-state index in [1.165, 1.54) is 121 Å². The highest BCUT2D eigenvalue weighted by Crippen LogP contribution is 2.61. The number of fused-ring (bicyclic) bond motifs is 13. The molecular weight excluding hydrogens is 601 g/mol. The fraction of sp³-hybridized carbons (Fsp3) is 0. The maximum Gasteiger partial charge on any atom is -0.000696 e. The van der Waals surface area contributed by atoms with E-state index in [2.05, 4.69) is 170 Å². The summed E-state index contributed by atoms with van der Waals surface area (Å²) in [6, 6.07) is 63.7. The first-order valence-corrected chi connectivity index (χ1v) is 17.5. The summed E-state index contributed by atoms with van der Waals surface area (Å²) in [5.41, 5.74) is 18.6. The molecule has 3 aliphatic rings. The van der Waals surface area contributed by atoms with Gasteiger partial charge in [0.15, 0.2) is 0 Å². The number of hydrogen-bond acceptors (Lipinski definition) is 0. The van der Waals surface area contributed by atoms with Gasteiger partial charge in [-0.15, -0.1) is 0 Å². The largest absolute Gasteiger partial charge is 0.0616 e. The van der Waals surface area contributed by atoms with Crippen LogP contribution in [0.2, 0.25) is 0 Å². The molecule has 0 saturated carbocycles. The Morgan fingerprint density at radius 3 is 1.40 bits per heavy atom. The second-order valence-corrected chi connectivity index (χ2v) is 13.9. The molecule has 9 aromatic rings. The predicted octanol–water partition coefficient (Wildman–Crippen LogP) is 13.2. The van der Waals surface area contributed by atoms with Crippen molar-refractivity contribution < 1.29 is 0 Å². The second-order valence-electron chi connectivity index (χ2n) is 13.9. The fourth-order valence-electron chi connectivity index (χ4n) is 9.49. The standard InChI is InChI=1S/C50H28/c1-4-16-34-29(10-1)13-7-19-38(34)48-47-36-18-6-3-12-31(36)23-27-42(47)49-45(46-35-17-5-2-11-30(35)22-26-41(46)50(48)49)33-24-25-37-39-20-8-14-32-15-9-21-40(44(32)39)43(37)28-33/h1-28H. The summed E-state index contributed by atoms with van der Waals surface area (Å²) in [5, 5.41) is 10.4. The van der Waals surface area contributed by atoms with Crippen molar-refractivity contribution in [2.24, 2.45) is 0 Å². The molecule has 0 saturated heterocycles. The summed E-state index contributed by atoms with van der Waals surface area (Å²) in [7, 11) is 0. The first kappa shape index (κ1) is 26.5. The van der Waals surface area contributed by atoms with Gasteiger partial charge in [0, 0.05) is 0 Å². The molecule has 0 heterocycles. The van der Waals surface area contributed by atoms with Gasteiger partial charge in [0.2, 0.25) is 0 Å². The Bertz CT molecular complexity index is 3060. The third kappa shape index (κ3) is 3.31. The van der Waals surface area contributed by atoms with E-state index in [0.29, 0.717) is 0 Å². The monoisotopic (exact) mass is 628 g/mol. The molecule has 3 aliphatic carbocycles. The lowest BCUT2D eigenvalue weighted by Gasteiger charge is -2.17. The van der Waals surface area contributed by atoms with Crippen LogP contribution in [0.1, 0.15) is 33.4 Å². The van der Waals surface area contributed by atoms with E-state index in [0.717, 1.165) is 0 Å². The second kappa shape index (κ2) is 9.56. The Labute approximate surface area is 289 Å². The minimum absolute atomic E-state index is 1.27. The van der Waals surface area contributed by atoms with E-state index in [4.69, 9.17) is 0 Å². The van der Waals surface area contributed by atoms with Gasteiger partial charge in [-0.05, 0) is 127 Å². The Morgan fingerprint density at radius 1 is 0.240 bits per heavy atom. The lowest BCUT2D eigenvalue weighted by molar-refractivity contribution is 1.57. The SMILES string of the molecule is c1ccc2c(C3=C4C(=C(c5ccc6c(c5)-c5cccc7cccc-6c57)c5c4ccc4ccccc54)c4ccc5ccccc5c43)cccc2c1. The summed E-state index contributed by atoms with van der Waals surface area (Å²) in [5.74, 6) is 0. The van der Waals surface area contributed by atoms with Gasteiger partial charge in [-0.25, -0.2) is 0 Å². The van der Waals surface area contributed by atoms with Gasteiger partial charge in [-0.1, -0.05) is 164 Å². The molecule has 228 valence electrons. The molecule has 0 bridgehead atoms. The predicted molar refractivity (Wildman–Crippen MR) is 212 cm³/mol. The average Bonchev–Trinajstić information content (AvgIpc) is 3.81. The van der Waals surface area contributed by atoms with Crippen molar-refractivity contribution in [1.29, 1.82) is 0 Å². The van der Waals surface area contributed by atoms with Crippen molar-refractivity contribution in [3.05, 3.63) is 203 Å². The van der Waals surface area contributed by atoms with E-state index in [1.54, 1.807) is 0 Å². The third-order valence-corrected chi connectivity index (χ3v) is 11.5. The number of rotatable bonds is 2. The Kier molecular flexibility index (Phi) is 5.06. The molecule has 12 rings (SSSR count). The van der Waals surface area contributed by atoms with E-state index in [1.807, 2.05) is 0 Å². The minimum atomic E-state index is 1.27. The first-order valence-electron chi connectivity index (χ1n) is 17.5. The van der Waals surface area contributed by atoms with E-state index < -0.39 is 0 Å². The molecule has 0 unspecified atom stereocenters. The van der Waals surface area contributed by atoms with Crippen LogP contribution in [0.15, 0.2) is 170 Å². The maximum absolute atomic E-state index is 2.48. The van der Waals surface area contributed by atoms with E-state index in [9.17, 15) is 0 Å².